The fourth-order valence-electron chi connectivity index (χ4n) is 3.32. The van der Waals surface area contributed by atoms with Crippen LogP contribution in [0.15, 0.2) is 48.5 Å². The van der Waals surface area contributed by atoms with E-state index in [9.17, 15) is 0 Å². The van der Waals surface area contributed by atoms with Crippen LogP contribution < -0.4 is 4.74 Å². The molecule has 0 atom stereocenters. The average Bonchev–Trinajstić information content (AvgIpc) is 2.60. The third kappa shape index (κ3) is 4.59. The van der Waals surface area contributed by atoms with Crippen molar-refractivity contribution in [3.63, 3.8) is 0 Å². The van der Waals surface area contributed by atoms with Crippen molar-refractivity contribution >= 4 is 0 Å². The fraction of sp³-hybridized carbons (Fsp3) is 0.429. The summed E-state index contributed by atoms with van der Waals surface area (Å²) in [6.07, 6.45) is 0. The number of nitrogens with zero attached hydrogens (tertiary/aromatic N) is 2. The van der Waals surface area contributed by atoms with Gasteiger partial charge in [-0.15, -0.1) is 0 Å². The lowest BCUT2D eigenvalue weighted by atomic mass is 10.1. The molecule has 0 aliphatic carbocycles. The molecule has 1 saturated heterocycles. The van der Waals surface area contributed by atoms with E-state index >= 15 is 0 Å². The Morgan fingerprint density at radius 1 is 0.792 bits per heavy atom. The SMILES string of the molecule is Cc1cccc(C)c1OCCN1CCN(Cc2ccccc2)CC1. The Kier molecular flexibility index (Phi) is 5.89. The highest BCUT2D eigenvalue weighted by molar-refractivity contribution is 5.39. The normalized spacial score (nSPS) is 16.2. The Labute approximate surface area is 145 Å². The van der Waals surface area contributed by atoms with E-state index in [1.165, 1.54) is 16.7 Å². The minimum atomic E-state index is 0.768. The van der Waals surface area contributed by atoms with Gasteiger partial charge in [-0.2, -0.15) is 0 Å². The Morgan fingerprint density at radius 2 is 1.42 bits per heavy atom. The van der Waals surface area contributed by atoms with Crippen molar-refractivity contribution in [3.05, 3.63) is 65.2 Å². The molecule has 0 unspecified atom stereocenters. The summed E-state index contributed by atoms with van der Waals surface area (Å²) in [5.41, 5.74) is 3.86. The maximum Gasteiger partial charge on any atom is 0.125 e. The first-order valence-electron chi connectivity index (χ1n) is 8.90. The second kappa shape index (κ2) is 8.32. The van der Waals surface area contributed by atoms with E-state index in [-0.39, 0.29) is 0 Å². The zero-order chi connectivity index (χ0) is 16.8. The van der Waals surface area contributed by atoms with Crippen LogP contribution in [0.4, 0.5) is 0 Å². The van der Waals surface area contributed by atoms with Crippen molar-refractivity contribution in [2.45, 2.75) is 20.4 Å². The van der Waals surface area contributed by atoms with Crippen molar-refractivity contribution in [3.8, 4) is 5.75 Å². The van der Waals surface area contributed by atoms with Gasteiger partial charge in [-0.25, -0.2) is 0 Å². The van der Waals surface area contributed by atoms with Crippen LogP contribution in [0.2, 0.25) is 0 Å². The van der Waals surface area contributed by atoms with Gasteiger partial charge in [0.2, 0.25) is 0 Å². The molecule has 0 bridgehead atoms. The molecule has 1 aliphatic rings. The summed E-state index contributed by atoms with van der Waals surface area (Å²) in [6, 6.07) is 17.1. The molecule has 0 spiro atoms. The summed E-state index contributed by atoms with van der Waals surface area (Å²) in [4.78, 5) is 5.05. The highest BCUT2D eigenvalue weighted by atomic mass is 16.5. The van der Waals surface area contributed by atoms with Gasteiger partial charge in [-0.1, -0.05) is 48.5 Å². The lowest BCUT2D eigenvalue weighted by Gasteiger charge is -2.34. The number of hydrogen-bond donors (Lipinski definition) is 0. The first kappa shape index (κ1) is 17.0. The van der Waals surface area contributed by atoms with Crippen molar-refractivity contribution in [2.75, 3.05) is 39.3 Å². The number of ether oxygens (including phenoxy) is 1. The lowest BCUT2D eigenvalue weighted by molar-refractivity contribution is 0.112. The summed E-state index contributed by atoms with van der Waals surface area (Å²) < 4.78 is 6.04. The molecular formula is C21H28N2O. The third-order valence-electron chi connectivity index (χ3n) is 4.78. The van der Waals surface area contributed by atoms with Crippen molar-refractivity contribution < 1.29 is 4.74 Å². The predicted octanol–water partition coefficient (Wildman–Crippen LogP) is 3.50. The Bertz CT molecular complexity index is 613. The zero-order valence-electron chi connectivity index (χ0n) is 14.9. The fourth-order valence-corrected chi connectivity index (χ4v) is 3.32. The number of rotatable bonds is 6. The van der Waals surface area contributed by atoms with Crippen LogP contribution in [-0.2, 0) is 6.54 Å². The van der Waals surface area contributed by atoms with Crippen LogP contribution >= 0.6 is 0 Å². The van der Waals surface area contributed by atoms with Gasteiger partial charge in [0.15, 0.2) is 0 Å². The standard InChI is InChI=1S/C21H28N2O/c1-18-7-6-8-19(2)21(18)24-16-15-22-11-13-23(14-12-22)17-20-9-4-3-5-10-20/h3-10H,11-17H2,1-2H3. The first-order chi connectivity index (χ1) is 11.7. The average molecular weight is 324 g/mol. The first-order valence-corrected chi connectivity index (χ1v) is 8.90. The van der Waals surface area contributed by atoms with Gasteiger partial charge in [-0.3, -0.25) is 9.80 Å². The number of para-hydroxylation sites is 1. The van der Waals surface area contributed by atoms with Gasteiger partial charge in [0, 0.05) is 39.3 Å². The number of hydrogen-bond acceptors (Lipinski definition) is 3. The Morgan fingerprint density at radius 3 is 2.08 bits per heavy atom. The molecule has 1 aliphatic heterocycles. The summed E-state index contributed by atoms with van der Waals surface area (Å²) in [7, 11) is 0. The highest BCUT2D eigenvalue weighted by Crippen LogP contribution is 2.22. The van der Waals surface area contributed by atoms with E-state index in [1.54, 1.807) is 0 Å². The van der Waals surface area contributed by atoms with Gasteiger partial charge < -0.3 is 4.74 Å². The van der Waals surface area contributed by atoms with E-state index in [1.807, 2.05) is 0 Å². The molecule has 0 aromatic heterocycles. The molecule has 2 aromatic carbocycles. The smallest absolute Gasteiger partial charge is 0.125 e. The largest absolute Gasteiger partial charge is 0.492 e. The van der Waals surface area contributed by atoms with Crippen LogP contribution in [0.1, 0.15) is 16.7 Å². The summed E-state index contributed by atoms with van der Waals surface area (Å²) >= 11 is 0. The summed E-state index contributed by atoms with van der Waals surface area (Å²) in [6.45, 7) is 11.6. The molecule has 3 rings (SSSR count). The van der Waals surface area contributed by atoms with Crippen molar-refractivity contribution in [2.24, 2.45) is 0 Å². The van der Waals surface area contributed by atoms with Gasteiger partial charge in [-0.05, 0) is 30.5 Å². The van der Waals surface area contributed by atoms with Gasteiger partial charge in [0.1, 0.15) is 12.4 Å². The minimum absolute atomic E-state index is 0.768. The predicted molar refractivity (Wildman–Crippen MR) is 99.6 cm³/mol. The van der Waals surface area contributed by atoms with Crippen LogP contribution in [0.25, 0.3) is 0 Å². The molecule has 0 saturated carbocycles. The summed E-state index contributed by atoms with van der Waals surface area (Å²) in [5, 5.41) is 0. The third-order valence-corrected chi connectivity index (χ3v) is 4.78. The topological polar surface area (TPSA) is 15.7 Å². The molecule has 1 fully saturated rings. The molecule has 3 heteroatoms. The second-order valence-corrected chi connectivity index (χ2v) is 6.67. The van der Waals surface area contributed by atoms with Crippen molar-refractivity contribution in [1.29, 1.82) is 0 Å². The van der Waals surface area contributed by atoms with E-state index < -0.39 is 0 Å². The maximum atomic E-state index is 6.04. The molecule has 0 radical (unpaired) electrons. The number of piperazine rings is 1. The highest BCUT2D eigenvalue weighted by Gasteiger charge is 2.16. The molecule has 128 valence electrons. The number of aryl methyl sites for hydroxylation is 2. The van der Waals surface area contributed by atoms with Crippen LogP contribution in [0, 0.1) is 13.8 Å². The monoisotopic (exact) mass is 324 g/mol. The van der Waals surface area contributed by atoms with E-state index in [4.69, 9.17) is 4.74 Å². The molecule has 3 nitrogen and oxygen atoms in total. The zero-order valence-corrected chi connectivity index (χ0v) is 14.9. The van der Waals surface area contributed by atoms with Gasteiger partial charge >= 0.3 is 0 Å². The molecule has 24 heavy (non-hydrogen) atoms. The quantitative estimate of drug-likeness (QED) is 0.809. The molecular weight excluding hydrogens is 296 g/mol. The minimum Gasteiger partial charge on any atom is -0.492 e. The lowest BCUT2D eigenvalue weighted by Crippen LogP contribution is -2.47. The van der Waals surface area contributed by atoms with Crippen molar-refractivity contribution in [1.82, 2.24) is 9.80 Å². The van der Waals surface area contributed by atoms with Crippen LogP contribution in [-0.4, -0.2) is 49.1 Å². The molecule has 2 aromatic rings. The van der Waals surface area contributed by atoms with Gasteiger partial charge in [0.05, 0.1) is 0 Å². The number of benzene rings is 2. The molecule has 0 amide bonds. The van der Waals surface area contributed by atoms with E-state index in [2.05, 4.69) is 72.2 Å². The van der Waals surface area contributed by atoms with E-state index in [0.717, 1.165) is 51.6 Å². The van der Waals surface area contributed by atoms with Crippen LogP contribution in [0.3, 0.4) is 0 Å². The Balaban J connectivity index is 1.40. The Hall–Kier alpha value is -1.84. The van der Waals surface area contributed by atoms with E-state index in [0.29, 0.717) is 0 Å². The molecule has 0 N–H and O–H groups in total. The summed E-state index contributed by atoms with van der Waals surface area (Å²) in [5.74, 6) is 1.06. The molecule has 1 heterocycles. The van der Waals surface area contributed by atoms with Gasteiger partial charge in [0.25, 0.3) is 0 Å². The maximum absolute atomic E-state index is 6.04. The van der Waals surface area contributed by atoms with Crippen LogP contribution in [0.5, 0.6) is 5.75 Å². The second-order valence-electron chi connectivity index (χ2n) is 6.67.